The van der Waals surface area contributed by atoms with Gasteiger partial charge in [0.05, 0.1) is 11.8 Å². The molecule has 112 valence electrons. The van der Waals surface area contributed by atoms with Gasteiger partial charge in [-0.3, -0.25) is 0 Å². The molecule has 3 heteroatoms. The van der Waals surface area contributed by atoms with Gasteiger partial charge in [-0.2, -0.15) is 0 Å². The Bertz CT molecular complexity index is 593. The molecule has 1 unspecified atom stereocenters. The number of rotatable bonds is 5. The maximum absolute atomic E-state index is 13.9. The second kappa shape index (κ2) is 6.61. The average molecular weight is 287 g/mol. The van der Waals surface area contributed by atoms with Crippen molar-refractivity contribution in [2.45, 2.75) is 39.8 Å². The van der Waals surface area contributed by atoms with Crippen LogP contribution in [-0.2, 0) is 0 Å². The fourth-order valence-electron chi connectivity index (χ4n) is 2.16. The number of benzene rings is 2. The molecule has 2 nitrogen and oxygen atoms in total. The van der Waals surface area contributed by atoms with Crippen LogP contribution in [0.15, 0.2) is 42.5 Å². The summed E-state index contributed by atoms with van der Waals surface area (Å²) < 4.78 is 19.5. The summed E-state index contributed by atoms with van der Waals surface area (Å²) in [6.45, 7) is 7.89. The minimum atomic E-state index is -0.221. The SMILES string of the molecule is Cc1ccc(NC(C)c2ccc(OC(C)C)cc2)c(F)c1. The van der Waals surface area contributed by atoms with E-state index in [2.05, 4.69) is 5.32 Å². The number of ether oxygens (including phenoxy) is 1. The van der Waals surface area contributed by atoms with Crippen molar-refractivity contribution >= 4 is 5.69 Å². The van der Waals surface area contributed by atoms with Crippen molar-refractivity contribution in [1.29, 1.82) is 0 Å². The third-order valence-corrected chi connectivity index (χ3v) is 3.25. The van der Waals surface area contributed by atoms with Gasteiger partial charge in [-0.15, -0.1) is 0 Å². The molecule has 1 N–H and O–H groups in total. The lowest BCUT2D eigenvalue weighted by atomic mass is 10.1. The predicted octanol–water partition coefficient (Wildman–Crippen LogP) is 5.09. The zero-order chi connectivity index (χ0) is 15.4. The molecule has 0 saturated carbocycles. The van der Waals surface area contributed by atoms with E-state index >= 15 is 0 Å². The highest BCUT2D eigenvalue weighted by Gasteiger charge is 2.09. The molecule has 0 aromatic heterocycles. The van der Waals surface area contributed by atoms with Crippen LogP contribution in [0, 0.1) is 12.7 Å². The molecular weight excluding hydrogens is 265 g/mol. The highest BCUT2D eigenvalue weighted by molar-refractivity contribution is 5.48. The van der Waals surface area contributed by atoms with Crippen molar-refractivity contribution in [2.75, 3.05) is 5.32 Å². The highest BCUT2D eigenvalue weighted by Crippen LogP contribution is 2.24. The van der Waals surface area contributed by atoms with Gasteiger partial charge >= 0.3 is 0 Å². The molecule has 2 aromatic rings. The Morgan fingerprint density at radius 3 is 2.24 bits per heavy atom. The summed E-state index contributed by atoms with van der Waals surface area (Å²) in [6, 6.07) is 13.1. The maximum atomic E-state index is 13.9. The molecule has 2 rings (SSSR count). The van der Waals surface area contributed by atoms with Gasteiger partial charge in [-0.25, -0.2) is 4.39 Å². The number of nitrogens with one attached hydrogen (secondary N) is 1. The molecule has 0 aliphatic heterocycles. The van der Waals surface area contributed by atoms with E-state index in [1.165, 1.54) is 6.07 Å². The zero-order valence-corrected chi connectivity index (χ0v) is 13.0. The summed E-state index contributed by atoms with van der Waals surface area (Å²) in [7, 11) is 0. The number of aryl methyl sites for hydroxylation is 1. The van der Waals surface area contributed by atoms with E-state index in [0.29, 0.717) is 5.69 Å². The van der Waals surface area contributed by atoms with Crippen molar-refractivity contribution < 1.29 is 9.13 Å². The Morgan fingerprint density at radius 2 is 1.67 bits per heavy atom. The van der Waals surface area contributed by atoms with Gasteiger partial charge in [0.1, 0.15) is 11.6 Å². The Morgan fingerprint density at radius 1 is 1.00 bits per heavy atom. The summed E-state index contributed by atoms with van der Waals surface area (Å²) >= 11 is 0. The second-order valence-corrected chi connectivity index (χ2v) is 5.58. The van der Waals surface area contributed by atoms with Crippen molar-refractivity contribution in [3.63, 3.8) is 0 Å². The molecule has 0 fully saturated rings. The maximum Gasteiger partial charge on any atom is 0.146 e. The number of halogens is 1. The smallest absolute Gasteiger partial charge is 0.146 e. The van der Waals surface area contributed by atoms with E-state index in [-0.39, 0.29) is 18.0 Å². The third kappa shape index (κ3) is 4.22. The van der Waals surface area contributed by atoms with Gasteiger partial charge in [0.25, 0.3) is 0 Å². The first-order chi connectivity index (χ1) is 9.95. The minimum Gasteiger partial charge on any atom is -0.491 e. The van der Waals surface area contributed by atoms with Crippen molar-refractivity contribution in [3.8, 4) is 5.75 Å². The van der Waals surface area contributed by atoms with E-state index < -0.39 is 0 Å². The van der Waals surface area contributed by atoms with Gasteiger partial charge in [-0.1, -0.05) is 18.2 Å². The number of hydrogen-bond acceptors (Lipinski definition) is 2. The molecular formula is C18H22FNO. The Balaban J connectivity index is 2.07. The normalized spacial score (nSPS) is 12.3. The average Bonchev–Trinajstić information content (AvgIpc) is 2.42. The van der Waals surface area contributed by atoms with Crippen molar-refractivity contribution in [1.82, 2.24) is 0 Å². The van der Waals surface area contributed by atoms with Crippen LogP contribution in [0.2, 0.25) is 0 Å². The predicted molar refractivity (Wildman–Crippen MR) is 85.4 cm³/mol. The highest BCUT2D eigenvalue weighted by atomic mass is 19.1. The Labute approximate surface area is 126 Å². The lowest BCUT2D eigenvalue weighted by Gasteiger charge is -2.17. The molecule has 0 bridgehead atoms. The molecule has 1 atom stereocenters. The molecule has 2 aromatic carbocycles. The van der Waals surface area contributed by atoms with E-state index in [4.69, 9.17) is 4.74 Å². The zero-order valence-electron chi connectivity index (χ0n) is 13.0. The van der Waals surface area contributed by atoms with Gasteiger partial charge in [0.15, 0.2) is 0 Å². The lowest BCUT2D eigenvalue weighted by molar-refractivity contribution is 0.242. The van der Waals surface area contributed by atoms with Gasteiger partial charge in [0.2, 0.25) is 0 Å². The Kier molecular flexibility index (Phi) is 4.84. The minimum absolute atomic E-state index is 0.0234. The second-order valence-electron chi connectivity index (χ2n) is 5.58. The first kappa shape index (κ1) is 15.4. The van der Waals surface area contributed by atoms with Gasteiger partial charge in [-0.05, 0) is 63.1 Å². The quantitative estimate of drug-likeness (QED) is 0.826. The standard InChI is InChI=1S/C18H22FNO/c1-12(2)21-16-8-6-15(7-9-16)14(4)20-18-10-5-13(3)11-17(18)19/h5-12,14,20H,1-4H3. The molecule has 21 heavy (non-hydrogen) atoms. The van der Waals surface area contributed by atoms with Crippen molar-refractivity contribution in [3.05, 3.63) is 59.4 Å². The summed E-state index contributed by atoms with van der Waals surface area (Å²) in [5.74, 6) is 0.629. The molecule has 0 aliphatic carbocycles. The molecule has 0 heterocycles. The summed E-state index contributed by atoms with van der Waals surface area (Å²) in [4.78, 5) is 0. The molecule has 0 amide bonds. The van der Waals surface area contributed by atoms with E-state index in [1.807, 2.05) is 58.0 Å². The number of hydrogen-bond donors (Lipinski definition) is 1. The van der Waals surface area contributed by atoms with Crippen LogP contribution in [0.5, 0.6) is 5.75 Å². The van der Waals surface area contributed by atoms with Crippen LogP contribution in [0.3, 0.4) is 0 Å². The van der Waals surface area contributed by atoms with Gasteiger partial charge in [0, 0.05) is 6.04 Å². The summed E-state index contributed by atoms with van der Waals surface area (Å²) in [5.41, 5.74) is 2.53. The monoisotopic (exact) mass is 287 g/mol. The van der Waals surface area contributed by atoms with Crippen LogP contribution < -0.4 is 10.1 Å². The Hall–Kier alpha value is -2.03. The first-order valence-electron chi connectivity index (χ1n) is 7.25. The lowest BCUT2D eigenvalue weighted by Crippen LogP contribution is -2.09. The number of anilines is 1. The topological polar surface area (TPSA) is 21.3 Å². The van der Waals surface area contributed by atoms with Crippen LogP contribution in [-0.4, -0.2) is 6.10 Å². The van der Waals surface area contributed by atoms with Crippen LogP contribution in [0.1, 0.15) is 37.9 Å². The molecule has 0 spiro atoms. The van der Waals surface area contributed by atoms with Crippen LogP contribution >= 0.6 is 0 Å². The summed E-state index contributed by atoms with van der Waals surface area (Å²) in [6.07, 6.45) is 0.160. The largest absolute Gasteiger partial charge is 0.491 e. The van der Waals surface area contributed by atoms with E-state index in [0.717, 1.165) is 16.9 Å². The third-order valence-electron chi connectivity index (χ3n) is 3.25. The van der Waals surface area contributed by atoms with Crippen LogP contribution in [0.25, 0.3) is 0 Å². The summed E-state index contributed by atoms with van der Waals surface area (Å²) in [5, 5.41) is 3.20. The van der Waals surface area contributed by atoms with E-state index in [9.17, 15) is 4.39 Å². The molecule has 0 aliphatic rings. The van der Waals surface area contributed by atoms with Crippen molar-refractivity contribution in [2.24, 2.45) is 0 Å². The van der Waals surface area contributed by atoms with Gasteiger partial charge < -0.3 is 10.1 Å². The van der Waals surface area contributed by atoms with Crippen LogP contribution in [0.4, 0.5) is 10.1 Å². The fourth-order valence-corrected chi connectivity index (χ4v) is 2.16. The fraction of sp³-hybridized carbons (Fsp3) is 0.333. The molecule has 0 radical (unpaired) electrons. The van der Waals surface area contributed by atoms with E-state index in [1.54, 1.807) is 6.07 Å². The first-order valence-corrected chi connectivity index (χ1v) is 7.25. The molecule has 0 saturated heterocycles.